The molecule has 0 radical (unpaired) electrons. The van der Waals surface area contributed by atoms with Crippen LogP contribution in [0.3, 0.4) is 0 Å². The predicted octanol–water partition coefficient (Wildman–Crippen LogP) is 2.61. The van der Waals surface area contributed by atoms with Crippen LogP contribution in [0.4, 0.5) is 16.4 Å². The van der Waals surface area contributed by atoms with Crippen molar-refractivity contribution in [1.29, 1.82) is 0 Å². The average molecular weight is 549 g/mol. The zero-order valence-electron chi connectivity index (χ0n) is 22.1. The van der Waals surface area contributed by atoms with Crippen LogP contribution in [0, 0.1) is 0 Å². The molecule has 1 N–H and O–H groups in total. The number of nitrogens with zero attached hydrogens (tertiary/aromatic N) is 5. The molecule has 1 saturated heterocycles. The van der Waals surface area contributed by atoms with Gasteiger partial charge in [0.25, 0.3) is 11.5 Å². The van der Waals surface area contributed by atoms with Crippen molar-refractivity contribution in [1.82, 2.24) is 19.6 Å². The topological polar surface area (TPSA) is 141 Å². The van der Waals surface area contributed by atoms with Gasteiger partial charge in [0.05, 0.1) is 18.0 Å². The van der Waals surface area contributed by atoms with Crippen LogP contribution in [0.5, 0.6) is 11.5 Å². The van der Waals surface area contributed by atoms with Gasteiger partial charge in [-0.15, -0.1) is 0 Å². The number of aryl methyl sites for hydroxylation is 1. The maximum absolute atomic E-state index is 13.2. The van der Waals surface area contributed by atoms with Gasteiger partial charge in [-0.3, -0.25) is 19.4 Å². The van der Waals surface area contributed by atoms with E-state index in [1.54, 1.807) is 30.9 Å². The van der Waals surface area contributed by atoms with E-state index in [1.165, 1.54) is 11.2 Å². The number of fused-ring (bicyclic) bond motifs is 4. The average Bonchev–Trinajstić information content (AvgIpc) is 3.64. The molecule has 5 heterocycles. The molecule has 4 aromatic rings. The summed E-state index contributed by atoms with van der Waals surface area (Å²) < 4.78 is 23.2. The Balaban J connectivity index is 1.06. The van der Waals surface area contributed by atoms with Gasteiger partial charge in [0.1, 0.15) is 23.9 Å². The predicted molar refractivity (Wildman–Crippen MR) is 145 cm³/mol. The van der Waals surface area contributed by atoms with E-state index in [0.717, 1.165) is 24.0 Å². The number of ether oxygens (including phenoxy) is 3. The highest BCUT2D eigenvalue weighted by molar-refractivity contribution is 6.04. The Bertz CT molecular complexity index is 1660. The normalized spacial score (nSPS) is 16.9. The number of likely N-dealkylation sites (tertiary alicyclic amines) is 1. The summed E-state index contributed by atoms with van der Waals surface area (Å²) in [5.74, 6) is 1.42. The van der Waals surface area contributed by atoms with Gasteiger partial charge in [0.2, 0.25) is 0 Å². The molecule has 13 heteroatoms. The van der Waals surface area contributed by atoms with Gasteiger partial charge in [-0.2, -0.15) is 0 Å². The Morgan fingerprint density at radius 2 is 2.08 bits per heavy atom. The molecule has 1 fully saturated rings. The summed E-state index contributed by atoms with van der Waals surface area (Å²) in [6.45, 7) is 2.51. The van der Waals surface area contributed by atoms with Crippen molar-refractivity contribution in [2.24, 2.45) is 0 Å². The fourth-order valence-corrected chi connectivity index (χ4v) is 5.14. The van der Waals surface area contributed by atoms with Gasteiger partial charge < -0.3 is 28.6 Å². The Morgan fingerprint density at radius 1 is 1.20 bits per heavy atom. The molecule has 0 aliphatic carbocycles. The highest BCUT2D eigenvalue weighted by Gasteiger charge is 2.28. The summed E-state index contributed by atoms with van der Waals surface area (Å²) in [5.41, 5.74) is 0.860. The number of benzene rings is 1. The number of nitrogens with one attached hydrogen (secondary N) is 1. The van der Waals surface area contributed by atoms with Gasteiger partial charge in [-0.1, -0.05) is 5.16 Å². The number of methoxy groups -OCH3 is 1. The van der Waals surface area contributed by atoms with Crippen molar-refractivity contribution in [2.45, 2.75) is 25.5 Å². The van der Waals surface area contributed by atoms with E-state index in [9.17, 15) is 14.4 Å². The van der Waals surface area contributed by atoms with Crippen LogP contribution < -0.4 is 25.2 Å². The van der Waals surface area contributed by atoms with Crippen molar-refractivity contribution >= 4 is 45.4 Å². The first kappa shape index (κ1) is 25.6. The highest BCUT2D eigenvalue weighted by atomic mass is 16.6. The molecule has 2 amide bonds. The summed E-state index contributed by atoms with van der Waals surface area (Å²) in [6.07, 6.45) is 2.10. The lowest BCUT2D eigenvalue weighted by molar-refractivity contribution is -0.118. The zero-order chi connectivity index (χ0) is 27.8. The first-order valence-corrected chi connectivity index (χ1v) is 13.0. The van der Waals surface area contributed by atoms with E-state index >= 15 is 0 Å². The van der Waals surface area contributed by atoms with E-state index in [4.69, 9.17) is 18.7 Å². The van der Waals surface area contributed by atoms with E-state index in [2.05, 4.69) is 20.4 Å². The lowest BCUT2D eigenvalue weighted by Crippen LogP contribution is -2.34. The van der Waals surface area contributed by atoms with Gasteiger partial charge >= 0.3 is 6.09 Å². The Hall–Kier alpha value is -4.65. The van der Waals surface area contributed by atoms with Gasteiger partial charge in [0, 0.05) is 38.1 Å². The molecule has 2 aliphatic rings. The molecule has 1 aromatic carbocycles. The fraction of sp³-hybridized carbons (Fsp3) is 0.370. The highest BCUT2D eigenvalue weighted by Crippen LogP contribution is 2.29. The van der Waals surface area contributed by atoms with E-state index in [0.29, 0.717) is 54.2 Å². The molecule has 0 saturated carbocycles. The number of pyridine rings is 2. The van der Waals surface area contributed by atoms with Crippen LogP contribution in [0.25, 0.3) is 21.8 Å². The van der Waals surface area contributed by atoms with Crippen molar-refractivity contribution in [3.8, 4) is 11.5 Å². The second-order valence-electron chi connectivity index (χ2n) is 9.78. The standard InChI is InChI=1S/C27H28N6O7/c1-31(22-7-6-21-25(28-22)29-23(34)15-38-21)27(36)40-17-8-11-32(13-17)9-3-10-33-20-12-16(37-2)4-5-18(20)19-14-39-30-24(19)26(33)35/h4-7,12,14,17H,3,8-11,13,15H2,1-2H3,(H,28,29,34)/t17-/m1/s1. The minimum absolute atomic E-state index is 0.0665. The Kier molecular flexibility index (Phi) is 6.72. The van der Waals surface area contributed by atoms with Crippen LogP contribution in [-0.4, -0.2) is 78.1 Å². The maximum atomic E-state index is 13.2. The quantitative estimate of drug-likeness (QED) is 0.366. The monoisotopic (exact) mass is 548 g/mol. The molecule has 208 valence electrons. The zero-order valence-corrected chi connectivity index (χ0v) is 22.1. The molecule has 0 spiro atoms. The molecule has 3 aromatic heterocycles. The second kappa shape index (κ2) is 10.5. The third-order valence-corrected chi connectivity index (χ3v) is 7.23. The summed E-state index contributed by atoms with van der Waals surface area (Å²) in [4.78, 5) is 45.4. The fourth-order valence-electron chi connectivity index (χ4n) is 5.14. The van der Waals surface area contributed by atoms with Crippen molar-refractivity contribution in [3.05, 3.63) is 46.9 Å². The number of hydrogen-bond acceptors (Lipinski definition) is 10. The molecule has 0 unspecified atom stereocenters. The van der Waals surface area contributed by atoms with Crippen LogP contribution >= 0.6 is 0 Å². The summed E-state index contributed by atoms with van der Waals surface area (Å²) in [7, 11) is 3.16. The molecule has 0 bridgehead atoms. The van der Waals surface area contributed by atoms with Crippen LogP contribution in [0.1, 0.15) is 12.8 Å². The number of rotatable bonds is 7. The van der Waals surface area contributed by atoms with E-state index < -0.39 is 6.09 Å². The second-order valence-corrected chi connectivity index (χ2v) is 9.78. The lowest BCUT2D eigenvalue weighted by Gasteiger charge is -2.22. The molecule has 40 heavy (non-hydrogen) atoms. The largest absolute Gasteiger partial charge is 0.497 e. The minimum atomic E-state index is -0.532. The van der Waals surface area contributed by atoms with Crippen molar-refractivity contribution < 1.29 is 28.3 Å². The van der Waals surface area contributed by atoms with Gasteiger partial charge in [-0.05, 0) is 43.7 Å². The molecular weight excluding hydrogens is 520 g/mol. The Morgan fingerprint density at radius 3 is 2.92 bits per heavy atom. The smallest absolute Gasteiger partial charge is 0.415 e. The molecule has 1 atom stereocenters. The van der Waals surface area contributed by atoms with Crippen LogP contribution in [-0.2, 0) is 16.1 Å². The molecule has 13 nitrogen and oxygen atoms in total. The SMILES string of the molecule is COc1ccc2c3conc3c(=O)n(CCCN3CC[C@@H](OC(=O)N(C)c4ccc5c(n4)NC(=O)CO5)C3)c2c1. The summed E-state index contributed by atoms with van der Waals surface area (Å²) in [6, 6.07) is 8.90. The number of hydrogen-bond donors (Lipinski definition) is 1. The van der Waals surface area contributed by atoms with Gasteiger partial charge in [-0.25, -0.2) is 9.78 Å². The molecular formula is C27H28N6O7. The summed E-state index contributed by atoms with van der Waals surface area (Å²) >= 11 is 0. The van der Waals surface area contributed by atoms with Gasteiger partial charge in [0.15, 0.2) is 23.7 Å². The molecule has 6 rings (SSSR count). The third kappa shape index (κ3) is 4.79. The van der Waals surface area contributed by atoms with E-state index in [1.807, 2.05) is 18.2 Å². The number of amides is 2. The minimum Gasteiger partial charge on any atom is -0.497 e. The van der Waals surface area contributed by atoms with Crippen LogP contribution in [0.2, 0.25) is 0 Å². The first-order valence-electron chi connectivity index (χ1n) is 13.0. The maximum Gasteiger partial charge on any atom is 0.415 e. The number of anilines is 2. The Labute approximate surface area is 228 Å². The van der Waals surface area contributed by atoms with Crippen molar-refractivity contribution in [2.75, 3.05) is 50.6 Å². The van der Waals surface area contributed by atoms with Crippen molar-refractivity contribution in [3.63, 3.8) is 0 Å². The summed E-state index contributed by atoms with van der Waals surface area (Å²) in [5, 5.41) is 8.11. The number of carbonyl (C=O) groups excluding carboxylic acids is 2. The van der Waals surface area contributed by atoms with Crippen LogP contribution in [0.15, 0.2) is 45.9 Å². The lowest BCUT2D eigenvalue weighted by atomic mass is 10.1. The molecule has 2 aliphatic heterocycles. The number of aromatic nitrogens is 3. The third-order valence-electron chi connectivity index (χ3n) is 7.23. The van der Waals surface area contributed by atoms with E-state index in [-0.39, 0.29) is 30.0 Å². The first-order chi connectivity index (χ1) is 19.4. The number of carbonyl (C=O) groups is 2.